The maximum atomic E-state index is 11.7. The molecule has 4 N–H and O–H groups in total. The summed E-state index contributed by atoms with van der Waals surface area (Å²) in [5.74, 6) is -1.59. The molecule has 0 saturated carbocycles. The van der Waals surface area contributed by atoms with Crippen LogP contribution in [-0.2, 0) is 0 Å². The van der Waals surface area contributed by atoms with Crippen LogP contribution in [0.3, 0.4) is 0 Å². The Hall–Kier alpha value is -2.28. The SMILES string of the molecule is CCN(CC)CCNC(=O)Nc1ccc(O)c(C(=O)O)c1. The molecule has 7 nitrogen and oxygen atoms in total. The molecule has 7 heteroatoms. The van der Waals surface area contributed by atoms with Gasteiger partial charge in [0.2, 0.25) is 0 Å². The van der Waals surface area contributed by atoms with Gasteiger partial charge in [-0.2, -0.15) is 0 Å². The standard InChI is InChI=1S/C14H21N3O4/c1-3-17(4-2)8-7-15-14(21)16-10-5-6-12(18)11(9-10)13(19)20/h5-6,9,18H,3-4,7-8H2,1-2H3,(H,19,20)(H2,15,16,21). The predicted octanol–water partition coefficient (Wildman–Crippen LogP) is 1.55. The van der Waals surface area contributed by atoms with E-state index in [0.717, 1.165) is 19.6 Å². The summed E-state index contributed by atoms with van der Waals surface area (Å²) in [7, 11) is 0. The smallest absolute Gasteiger partial charge is 0.339 e. The van der Waals surface area contributed by atoms with Crippen LogP contribution >= 0.6 is 0 Å². The number of aromatic carboxylic acids is 1. The van der Waals surface area contributed by atoms with Gasteiger partial charge < -0.3 is 25.7 Å². The molecule has 0 aliphatic rings. The highest BCUT2D eigenvalue weighted by molar-refractivity contribution is 5.95. The number of carboxylic acids is 1. The van der Waals surface area contributed by atoms with Crippen molar-refractivity contribution >= 4 is 17.7 Å². The van der Waals surface area contributed by atoms with Gasteiger partial charge in [0.1, 0.15) is 11.3 Å². The molecule has 2 amide bonds. The summed E-state index contributed by atoms with van der Waals surface area (Å²) in [5, 5.41) is 23.5. The Morgan fingerprint density at radius 1 is 1.24 bits per heavy atom. The van der Waals surface area contributed by atoms with Crippen molar-refractivity contribution in [2.24, 2.45) is 0 Å². The molecular formula is C14H21N3O4. The first-order chi connectivity index (χ1) is 9.97. The third kappa shape index (κ3) is 5.31. The monoisotopic (exact) mass is 295 g/mol. The summed E-state index contributed by atoms with van der Waals surface area (Å²) in [5.41, 5.74) is 0.0569. The van der Waals surface area contributed by atoms with E-state index in [9.17, 15) is 14.7 Å². The van der Waals surface area contributed by atoms with Crippen LogP contribution in [0.15, 0.2) is 18.2 Å². The van der Waals surface area contributed by atoms with Crippen LogP contribution in [0.2, 0.25) is 0 Å². The number of benzene rings is 1. The van der Waals surface area contributed by atoms with Crippen LogP contribution in [0.25, 0.3) is 0 Å². The minimum absolute atomic E-state index is 0.254. The van der Waals surface area contributed by atoms with Gasteiger partial charge in [-0.05, 0) is 31.3 Å². The molecule has 116 valence electrons. The van der Waals surface area contributed by atoms with E-state index in [0.29, 0.717) is 12.2 Å². The van der Waals surface area contributed by atoms with Gasteiger partial charge in [-0.3, -0.25) is 0 Å². The Balaban J connectivity index is 2.52. The number of hydrogen-bond donors (Lipinski definition) is 4. The van der Waals surface area contributed by atoms with E-state index in [1.807, 2.05) is 13.8 Å². The molecule has 0 spiro atoms. The molecule has 0 aromatic heterocycles. The summed E-state index contributed by atoms with van der Waals surface area (Å²) in [6, 6.07) is 3.46. The van der Waals surface area contributed by atoms with Crippen molar-refractivity contribution in [2.45, 2.75) is 13.8 Å². The molecule has 0 unspecified atom stereocenters. The van der Waals surface area contributed by atoms with E-state index < -0.39 is 12.0 Å². The number of rotatable bonds is 7. The van der Waals surface area contributed by atoms with Gasteiger partial charge in [0, 0.05) is 18.8 Å². The fraction of sp³-hybridized carbons (Fsp3) is 0.429. The number of carboxylic acid groups (broad SMARTS) is 1. The molecule has 1 aromatic rings. The Morgan fingerprint density at radius 2 is 1.90 bits per heavy atom. The van der Waals surface area contributed by atoms with E-state index in [1.165, 1.54) is 18.2 Å². The summed E-state index contributed by atoms with van der Waals surface area (Å²) < 4.78 is 0. The number of nitrogens with zero attached hydrogens (tertiary/aromatic N) is 1. The Bertz CT molecular complexity index is 501. The van der Waals surface area contributed by atoms with E-state index >= 15 is 0 Å². The van der Waals surface area contributed by atoms with Crippen molar-refractivity contribution in [3.05, 3.63) is 23.8 Å². The second-order valence-corrected chi connectivity index (χ2v) is 4.44. The predicted molar refractivity (Wildman–Crippen MR) is 79.9 cm³/mol. The number of anilines is 1. The summed E-state index contributed by atoms with van der Waals surface area (Å²) in [4.78, 5) is 24.7. The molecule has 0 aliphatic carbocycles. The van der Waals surface area contributed by atoms with Crippen molar-refractivity contribution in [3.63, 3.8) is 0 Å². The number of urea groups is 1. The fourth-order valence-electron chi connectivity index (χ4n) is 1.83. The highest BCUT2D eigenvalue weighted by Crippen LogP contribution is 2.21. The molecular weight excluding hydrogens is 274 g/mol. The van der Waals surface area contributed by atoms with Crippen molar-refractivity contribution in [2.75, 3.05) is 31.5 Å². The van der Waals surface area contributed by atoms with E-state index in [-0.39, 0.29) is 11.3 Å². The van der Waals surface area contributed by atoms with E-state index in [4.69, 9.17) is 5.11 Å². The normalized spacial score (nSPS) is 10.4. The first-order valence-corrected chi connectivity index (χ1v) is 6.81. The molecule has 0 atom stereocenters. The fourth-order valence-corrected chi connectivity index (χ4v) is 1.83. The minimum Gasteiger partial charge on any atom is -0.507 e. The van der Waals surface area contributed by atoms with Crippen LogP contribution in [0.1, 0.15) is 24.2 Å². The van der Waals surface area contributed by atoms with Crippen LogP contribution in [0, 0.1) is 0 Å². The number of carbonyl (C=O) groups excluding carboxylic acids is 1. The largest absolute Gasteiger partial charge is 0.507 e. The van der Waals surface area contributed by atoms with Gasteiger partial charge in [-0.1, -0.05) is 13.8 Å². The maximum Gasteiger partial charge on any atom is 0.339 e. The van der Waals surface area contributed by atoms with Crippen LogP contribution in [0.5, 0.6) is 5.75 Å². The lowest BCUT2D eigenvalue weighted by molar-refractivity contribution is 0.0693. The number of likely N-dealkylation sites (N-methyl/N-ethyl adjacent to an activating group) is 1. The van der Waals surface area contributed by atoms with Crippen LogP contribution < -0.4 is 10.6 Å². The first-order valence-electron chi connectivity index (χ1n) is 6.81. The molecule has 0 bridgehead atoms. The second kappa shape index (κ2) is 8.11. The number of carbonyl (C=O) groups is 2. The van der Waals surface area contributed by atoms with Gasteiger partial charge in [0.15, 0.2) is 0 Å². The third-order valence-corrected chi connectivity index (χ3v) is 3.09. The molecule has 0 fully saturated rings. The van der Waals surface area contributed by atoms with E-state index in [2.05, 4.69) is 15.5 Å². The highest BCUT2D eigenvalue weighted by atomic mass is 16.4. The van der Waals surface area contributed by atoms with Gasteiger partial charge in [-0.25, -0.2) is 9.59 Å². The Morgan fingerprint density at radius 3 is 2.48 bits per heavy atom. The topological polar surface area (TPSA) is 102 Å². The number of hydrogen-bond acceptors (Lipinski definition) is 4. The molecule has 0 saturated heterocycles. The van der Waals surface area contributed by atoms with Crippen molar-refractivity contribution < 1.29 is 19.8 Å². The molecule has 0 aliphatic heterocycles. The van der Waals surface area contributed by atoms with Gasteiger partial charge in [0.05, 0.1) is 0 Å². The summed E-state index contributed by atoms with van der Waals surface area (Å²) >= 11 is 0. The average Bonchev–Trinajstić information content (AvgIpc) is 2.45. The number of nitrogens with one attached hydrogen (secondary N) is 2. The lowest BCUT2D eigenvalue weighted by atomic mass is 10.2. The number of amides is 2. The van der Waals surface area contributed by atoms with Crippen LogP contribution in [0.4, 0.5) is 10.5 Å². The third-order valence-electron chi connectivity index (χ3n) is 3.09. The zero-order valence-electron chi connectivity index (χ0n) is 12.2. The lowest BCUT2D eigenvalue weighted by Gasteiger charge is -2.18. The zero-order chi connectivity index (χ0) is 15.8. The Kier molecular flexibility index (Phi) is 6.48. The lowest BCUT2D eigenvalue weighted by Crippen LogP contribution is -2.36. The molecule has 21 heavy (non-hydrogen) atoms. The molecule has 0 heterocycles. The second-order valence-electron chi connectivity index (χ2n) is 4.44. The summed E-state index contributed by atoms with van der Waals surface area (Å²) in [6.45, 7) is 7.17. The molecule has 1 rings (SSSR count). The number of aromatic hydroxyl groups is 1. The first kappa shape index (κ1) is 16.8. The van der Waals surface area contributed by atoms with Crippen molar-refractivity contribution in [1.29, 1.82) is 0 Å². The highest BCUT2D eigenvalue weighted by Gasteiger charge is 2.11. The van der Waals surface area contributed by atoms with Crippen molar-refractivity contribution in [3.8, 4) is 5.75 Å². The number of phenols is 1. The van der Waals surface area contributed by atoms with Crippen LogP contribution in [-0.4, -0.2) is 53.3 Å². The minimum atomic E-state index is -1.25. The quantitative estimate of drug-likeness (QED) is 0.572. The van der Waals surface area contributed by atoms with E-state index in [1.54, 1.807) is 0 Å². The Labute approximate surface area is 123 Å². The molecule has 1 aromatic carbocycles. The zero-order valence-corrected chi connectivity index (χ0v) is 12.2. The molecule has 0 radical (unpaired) electrons. The van der Waals surface area contributed by atoms with Gasteiger partial charge >= 0.3 is 12.0 Å². The van der Waals surface area contributed by atoms with Gasteiger partial charge in [-0.15, -0.1) is 0 Å². The van der Waals surface area contributed by atoms with Gasteiger partial charge in [0.25, 0.3) is 0 Å². The average molecular weight is 295 g/mol. The maximum absolute atomic E-state index is 11.7. The van der Waals surface area contributed by atoms with Crippen molar-refractivity contribution in [1.82, 2.24) is 10.2 Å². The summed E-state index contributed by atoms with van der Waals surface area (Å²) in [6.07, 6.45) is 0.